The Balaban J connectivity index is 2.76. The van der Waals surface area contributed by atoms with E-state index >= 15 is 0 Å². The molecule has 1 atom stereocenters. The van der Waals surface area contributed by atoms with Crippen molar-refractivity contribution in [3.05, 3.63) is 29.8 Å². The second-order valence-electron chi connectivity index (χ2n) is 3.15. The number of hydrogen-bond acceptors (Lipinski definition) is 3. The van der Waals surface area contributed by atoms with Crippen molar-refractivity contribution in [2.75, 3.05) is 7.11 Å². The van der Waals surface area contributed by atoms with E-state index in [1.54, 1.807) is 18.2 Å². The van der Waals surface area contributed by atoms with Gasteiger partial charge in [-0.05, 0) is 18.2 Å². The van der Waals surface area contributed by atoms with Crippen LogP contribution in [-0.4, -0.2) is 28.1 Å². The van der Waals surface area contributed by atoms with Crippen molar-refractivity contribution in [2.24, 2.45) is 0 Å². The molecule has 0 bridgehead atoms. The molecule has 0 spiro atoms. The summed E-state index contributed by atoms with van der Waals surface area (Å²) < 4.78 is 2.98. The molecule has 0 radical (unpaired) electrons. The fourth-order valence-corrected chi connectivity index (χ4v) is 1.22. The highest BCUT2D eigenvalue weighted by Crippen LogP contribution is 2.29. The first-order valence-electron chi connectivity index (χ1n) is 4.54. The van der Waals surface area contributed by atoms with Crippen LogP contribution in [0.25, 0.3) is 0 Å². The van der Waals surface area contributed by atoms with Crippen molar-refractivity contribution < 1.29 is 14.6 Å². The molecule has 0 saturated heterocycles. The molecule has 1 aromatic carbocycles. The minimum Gasteiger partial charge on any atom is -0.497 e. The third kappa shape index (κ3) is 4.24. The molecule has 2 N–H and O–H groups in total. The summed E-state index contributed by atoms with van der Waals surface area (Å²) in [6.45, 7) is 0. The van der Waals surface area contributed by atoms with Crippen LogP contribution in [0.5, 0.6) is 5.75 Å². The molecule has 7 heteroatoms. The van der Waals surface area contributed by atoms with Gasteiger partial charge in [-0.3, -0.25) is 4.79 Å². The van der Waals surface area contributed by atoms with Gasteiger partial charge < -0.3 is 15.2 Å². The zero-order chi connectivity index (χ0) is 13.1. The lowest BCUT2D eigenvalue weighted by Gasteiger charge is -2.19. The average Bonchev–Trinajstić information content (AvgIpc) is 2.27. The molecule has 0 aliphatic carbocycles. The Hall–Kier alpha value is -0.680. The number of aliphatic hydroxyl groups excluding tert-OH is 1. The van der Waals surface area contributed by atoms with Crippen molar-refractivity contribution in [2.45, 2.75) is 10.0 Å². The predicted octanol–water partition coefficient (Wildman–Crippen LogP) is 2.11. The van der Waals surface area contributed by atoms with Gasteiger partial charge in [0.2, 0.25) is 3.79 Å². The zero-order valence-corrected chi connectivity index (χ0v) is 11.1. The van der Waals surface area contributed by atoms with E-state index in [2.05, 4.69) is 5.32 Å². The minimum atomic E-state index is -1.98. The van der Waals surface area contributed by atoms with Crippen molar-refractivity contribution in [3.63, 3.8) is 0 Å². The molecular formula is C10H10Cl3NO3. The zero-order valence-electron chi connectivity index (χ0n) is 8.78. The van der Waals surface area contributed by atoms with Crippen LogP contribution in [0, 0.1) is 0 Å². The molecule has 0 aliphatic heterocycles. The Morgan fingerprint density at radius 2 is 2.12 bits per heavy atom. The number of aliphatic hydroxyl groups is 1. The van der Waals surface area contributed by atoms with Crippen LogP contribution in [-0.2, 0) is 0 Å². The lowest BCUT2D eigenvalue weighted by molar-refractivity contribution is 0.0791. The van der Waals surface area contributed by atoms with E-state index in [1.165, 1.54) is 13.2 Å². The Kier molecular flexibility index (Phi) is 4.89. The molecule has 1 aromatic rings. The largest absolute Gasteiger partial charge is 0.497 e. The number of alkyl halides is 3. The summed E-state index contributed by atoms with van der Waals surface area (Å²) in [4.78, 5) is 11.7. The maximum Gasteiger partial charge on any atom is 0.253 e. The molecule has 0 aliphatic rings. The van der Waals surface area contributed by atoms with Gasteiger partial charge in [0.1, 0.15) is 5.75 Å². The van der Waals surface area contributed by atoms with E-state index < -0.39 is 15.9 Å². The number of benzene rings is 1. The summed E-state index contributed by atoms with van der Waals surface area (Å²) >= 11 is 16.2. The molecule has 0 heterocycles. The van der Waals surface area contributed by atoms with Gasteiger partial charge in [0.15, 0.2) is 6.23 Å². The number of ether oxygens (including phenoxy) is 1. The molecule has 17 heavy (non-hydrogen) atoms. The number of hydrogen-bond donors (Lipinski definition) is 2. The summed E-state index contributed by atoms with van der Waals surface area (Å²) in [7, 11) is 1.48. The lowest BCUT2D eigenvalue weighted by Crippen LogP contribution is -2.43. The Morgan fingerprint density at radius 3 is 2.65 bits per heavy atom. The van der Waals surface area contributed by atoms with Crippen LogP contribution in [0.2, 0.25) is 0 Å². The first-order chi connectivity index (χ1) is 7.84. The molecule has 94 valence electrons. The Labute approximate surface area is 113 Å². The molecule has 1 amide bonds. The number of carbonyl (C=O) groups is 1. The highest BCUT2D eigenvalue weighted by molar-refractivity contribution is 6.68. The third-order valence-electron chi connectivity index (χ3n) is 1.91. The maximum absolute atomic E-state index is 11.7. The summed E-state index contributed by atoms with van der Waals surface area (Å²) in [5.41, 5.74) is 0.289. The van der Waals surface area contributed by atoms with E-state index in [9.17, 15) is 9.90 Å². The molecule has 1 rings (SSSR count). The fraction of sp³-hybridized carbons (Fsp3) is 0.300. The molecule has 0 saturated carbocycles. The number of carbonyl (C=O) groups excluding carboxylic acids is 1. The van der Waals surface area contributed by atoms with Gasteiger partial charge in [-0.25, -0.2) is 0 Å². The monoisotopic (exact) mass is 297 g/mol. The van der Waals surface area contributed by atoms with Gasteiger partial charge in [0.25, 0.3) is 5.91 Å². The van der Waals surface area contributed by atoms with E-state index in [0.29, 0.717) is 5.75 Å². The maximum atomic E-state index is 11.7. The van der Waals surface area contributed by atoms with Gasteiger partial charge in [0, 0.05) is 5.56 Å². The van der Waals surface area contributed by atoms with Gasteiger partial charge in [-0.15, -0.1) is 0 Å². The fourth-order valence-electron chi connectivity index (χ4n) is 1.05. The third-order valence-corrected chi connectivity index (χ3v) is 2.53. The lowest BCUT2D eigenvalue weighted by atomic mass is 10.2. The second kappa shape index (κ2) is 5.78. The number of methoxy groups -OCH3 is 1. The average molecular weight is 299 g/mol. The SMILES string of the molecule is COc1cccc(C(=O)N[C@@H](O)C(Cl)(Cl)Cl)c1. The predicted molar refractivity (Wildman–Crippen MR) is 66.8 cm³/mol. The number of nitrogens with one attached hydrogen (secondary N) is 1. The van der Waals surface area contributed by atoms with E-state index in [4.69, 9.17) is 39.5 Å². The normalized spacial score (nSPS) is 13.0. The summed E-state index contributed by atoms with van der Waals surface area (Å²) in [6, 6.07) is 6.36. The Morgan fingerprint density at radius 1 is 1.47 bits per heavy atom. The van der Waals surface area contributed by atoms with Crippen molar-refractivity contribution in [3.8, 4) is 5.75 Å². The van der Waals surface area contributed by atoms with Crippen LogP contribution >= 0.6 is 34.8 Å². The standard InChI is InChI=1S/C10H10Cl3NO3/c1-17-7-4-2-3-6(5-7)8(15)14-9(16)10(11,12)13/h2-5,9,16H,1H3,(H,14,15)/t9-/m0/s1. The number of rotatable bonds is 3. The molecule has 0 unspecified atom stereocenters. The number of halogens is 3. The van der Waals surface area contributed by atoms with Crippen molar-refractivity contribution >= 4 is 40.7 Å². The van der Waals surface area contributed by atoms with Crippen molar-refractivity contribution in [1.82, 2.24) is 5.32 Å². The van der Waals surface area contributed by atoms with Crippen molar-refractivity contribution in [1.29, 1.82) is 0 Å². The van der Waals surface area contributed by atoms with Crippen LogP contribution in [0.1, 0.15) is 10.4 Å². The van der Waals surface area contributed by atoms with Crippen LogP contribution in [0.4, 0.5) is 0 Å². The van der Waals surface area contributed by atoms with Gasteiger partial charge in [-0.1, -0.05) is 40.9 Å². The van der Waals surface area contributed by atoms with E-state index in [0.717, 1.165) is 0 Å². The second-order valence-corrected chi connectivity index (χ2v) is 5.52. The van der Waals surface area contributed by atoms with Crippen LogP contribution < -0.4 is 10.1 Å². The molecule has 0 fully saturated rings. The Bertz CT molecular complexity index is 406. The molecule has 0 aromatic heterocycles. The van der Waals surface area contributed by atoms with Crippen LogP contribution in [0.15, 0.2) is 24.3 Å². The highest BCUT2D eigenvalue weighted by Gasteiger charge is 2.32. The first-order valence-corrected chi connectivity index (χ1v) is 5.67. The van der Waals surface area contributed by atoms with Gasteiger partial charge in [0.05, 0.1) is 7.11 Å². The minimum absolute atomic E-state index is 0.289. The number of amides is 1. The highest BCUT2D eigenvalue weighted by atomic mass is 35.6. The van der Waals surface area contributed by atoms with E-state index in [-0.39, 0.29) is 5.56 Å². The first kappa shape index (κ1) is 14.4. The molecular weight excluding hydrogens is 288 g/mol. The smallest absolute Gasteiger partial charge is 0.253 e. The summed E-state index contributed by atoms with van der Waals surface area (Å²) in [5.74, 6) is -0.0521. The van der Waals surface area contributed by atoms with Gasteiger partial charge >= 0.3 is 0 Å². The van der Waals surface area contributed by atoms with E-state index in [1.807, 2.05) is 0 Å². The van der Waals surface area contributed by atoms with Gasteiger partial charge in [-0.2, -0.15) is 0 Å². The molecule has 4 nitrogen and oxygen atoms in total. The quantitative estimate of drug-likeness (QED) is 0.664. The summed E-state index contributed by atoms with van der Waals surface area (Å²) in [5, 5.41) is 11.5. The summed E-state index contributed by atoms with van der Waals surface area (Å²) in [6.07, 6.45) is -1.59. The topological polar surface area (TPSA) is 58.6 Å². The van der Waals surface area contributed by atoms with Crippen LogP contribution in [0.3, 0.4) is 0 Å².